The number of likely N-dealkylation sites (N-methyl/N-ethyl adjacent to an activating group) is 1. The number of rotatable bonds is 6. The third-order valence-corrected chi connectivity index (χ3v) is 3.33. The molecule has 1 heterocycles. The van der Waals surface area contributed by atoms with Gasteiger partial charge in [0.2, 0.25) is 5.91 Å². The van der Waals surface area contributed by atoms with E-state index in [4.69, 9.17) is 0 Å². The van der Waals surface area contributed by atoms with Crippen LogP contribution in [0.4, 0.5) is 0 Å². The van der Waals surface area contributed by atoms with Crippen molar-refractivity contribution in [1.29, 1.82) is 0 Å². The van der Waals surface area contributed by atoms with Crippen LogP contribution in [0.25, 0.3) is 0 Å². The van der Waals surface area contributed by atoms with E-state index in [2.05, 4.69) is 28.4 Å². The molecule has 1 aliphatic heterocycles. The molecular formula is C14H23ClN4O. The summed E-state index contributed by atoms with van der Waals surface area (Å²) in [6.07, 6.45) is 0. The van der Waals surface area contributed by atoms with Gasteiger partial charge in [-0.15, -0.1) is 12.4 Å². The first-order valence-corrected chi connectivity index (χ1v) is 6.84. The largest absolute Gasteiger partial charge is 0.354 e. The first-order valence-electron chi connectivity index (χ1n) is 6.84. The van der Waals surface area contributed by atoms with Crippen LogP contribution in [-0.2, 0) is 4.79 Å². The molecule has 2 atom stereocenters. The lowest BCUT2D eigenvalue weighted by Crippen LogP contribution is -2.38. The van der Waals surface area contributed by atoms with E-state index >= 15 is 0 Å². The van der Waals surface area contributed by atoms with E-state index in [1.807, 2.05) is 30.3 Å². The van der Waals surface area contributed by atoms with Gasteiger partial charge in [-0.3, -0.25) is 10.2 Å². The monoisotopic (exact) mass is 298 g/mol. The molecule has 1 aromatic rings. The molecule has 1 saturated heterocycles. The van der Waals surface area contributed by atoms with Gasteiger partial charge in [-0.2, -0.15) is 0 Å². The Labute approximate surface area is 126 Å². The molecule has 1 amide bonds. The summed E-state index contributed by atoms with van der Waals surface area (Å²) in [7, 11) is 0. The molecule has 6 heteroatoms. The van der Waals surface area contributed by atoms with Gasteiger partial charge in [0.05, 0.1) is 12.0 Å². The van der Waals surface area contributed by atoms with Crippen molar-refractivity contribution in [3.63, 3.8) is 0 Å². The second-order valence-corrected chi connectivity index (χ2v) is 4.66. The Bertz CT molecular complexity index is 401. The quantitative estimate of drug-likeness (QED) is 0.581. The number of hydrogen-bond acceptors (Lipinski definition) is 4. The van der Waals surface area contributed by atoms with Gasteiger partial charge < -0.3 is 10.6 Å². The lowest BCUT2D eigenvalue weighted by molar-refractivity contribution is -0.124. The molecule has 2 rings (SSSR count). The van der Waals surface area contributed by atoms with Crippen LogP contribution in [0.5, 0.6) is 0 Å². The number of amides is 1. The average Bonchev–Trinajstić information content (AvgIpc) is 2.94. The minimum absolute atomic E-state index is 0. The number of carbonyl (C=O) groups excluding carboxylic acids is 1. The number of nitrogens with one attached hydrogen (secondary N) is 4. The van der Waals surface area contributed by atoms with E-state index < -0.39 is 0 Å². The number of carbonyl (C=O) groups is 1. The third kappa shape index (κ3) is 4.45. The van der Waals surface area contributed by atoms with Crippen molar-refractivity contribution in [3.8, 4) is 0 Å². The van der Waals surface area contributed by atoms with Crippen molar-refractivity contribution >= 4 is 18.3 Å². The van der Waals surface area contributed by atoms with E-state index in [1.54, 1.807) is 0 Å². The van der Waals surface area contributed by atoms with Gasteiger partial charge in [-0.1, -0.05) is 37.3 Å². The zero-order chi connectivity index (χ0) is 13.5. The van der Waals surface area contributed by atoms with Gasteiger partial charge in [0.15, 0.2) is 0 Å². The highest BCUT2D eigenvalue weighted by Crippen LogP contribution is 2.24. The van der Waals surface area contributed by atoms with Crippen LogP contribution in [0.2, 0.25) is 0 Å². The van der Waals surface area contributed by atoms with Gasteiger partial charge in [-0.25, -0.2) is 5.43 Å². The summed E-state index contributed by atoms with van der Waals surface area (Å²) in [6, 6.07) is 10.1. The van der Waals surface area contributed by atoms with Crippen molar-refractivity contribution in [2.24, 2.45) is 5.92 Å². The molecule has 20 heavy (non-hydrogen) atoms. The zero-order valence-electron chi connectivity index (χ0n) is 11.7. The van der Waals surface area contributed by atoms with Gasteiger partial charge in [0.1, 0.15) is 0 Å². The van der Waals surface area contributed by atoms with E-state index in [-0.39, 0.29) is 30.3 Å². The Balaban J connectivity index is 0.00000200. The normalized spacial score (nSPS) is 21.2. The van der Waals surface area contributed by atoms with Crippen LogP contribution in [0.3, 0.4) is 0 Å². The number of hydrazine groups is 1. The maximum absolute atomic E-state index is 12.2. The number of hydrogen-bond donors (Lipinski definition) is 4. The third-order valence-electron chi connectivity index (χ3n) is 3.33. The molecule has 0 aliphatic carbocycles. The highest BCUT2D eigenvalue weighted by Gasteiger charge is 2.33. The second-order valence-electron chi connectivity index (χ2n) is 4.66. The summed E-state index contributed by atoms with van der Waals surface area (Å²) < 4.78 is 0. The summed E-state index contributed by atoms with van der Waals surface area (Å²) in [5.74, 6) is 0.0354. The molecule has 5 nitrogen and oxygen atoms in total. The fourth-order valence-corrected chi connectivity index (χ4v) is 2.30. The van der Waals surface area contributed by atoms with Crippen LogP contribution in [0.1, 0.15) is 18.5 Å². The minimum atomic E-state index is -0.0657. The molecule has 1 fully saturated rings. The Morgan fingerprint density at radius 1 is 1.30 bits per heavy atom. The van der Waals surface area contributed by atoms with Gasteiger partial charge in [-0.05, 0) is 12.1 Å². The maximum Gasteiger partial charge on any atom is 0.226 e. The number of halogens is 1. The Hall–Kier alpha value is -1.14. The predicted octanol–water partition coefficient (Wildman–Crippen LogP) is 0.599. The van der Waals surface area contributed by atoms with Crippen molar-refractivity contribution in [3.05, 3.63) is 35.9 Å². The highest BCUT2D eigenvalue weighted by molar-refractivity contribution is 5.85. The minimum Gasteiger partial charge on any atom is -0.354 e. The Morgan fingerprint density at radius 2 is 2.05 bits per heavy atom. The van der Waals surface area contributed by atoms with E-state index in [1.165, 1.54) is 0 Å². The molecule has 0 bridgehead atoms. The predicted molar refractivity (Wildman–Crippen MR) is 82.6 cm³/mol. The summed E-state index contributed by atoms with van der Waals surface area (Å²) in [6.45, 7) is 5.12. The smallest absolute Gasteiger partial charge is 0.226 e. The summed E-state index contributed by atoms with van der Waals surface area (Å²) in [5, 5.41) is 6.17. The average molecular weight is 299 g/mol. The standard InChI is InChI=1S/C14H22N4O.ClH/c1-2-15-8-9-16-14(19)12-10-17-18-13(12)11-6-4-3-5-7-11;/h3-7,12-13,15,17-18H,2,8-10H2,1H3,(H,16,19);1H. The summed E-state index contributed by atoms with van der Waals surface area (Å²) >= 11 is 0. The molecule has 0 aromatic heterocycles. The van der Waals surface area contributed by atoms with Crippen LogP contribution < -0.4 is 21.5 Å². The van der Waals surface area contributed by atoms with Crippen LogP contribution in [0.15, 0.2) is 30.3 Å². The topological polar surface area (TPSA) is 65.2 Å². The molecule has 2 unspecified atom stereocenters. The highest BCUT2D eigenvalue weighted by atomic mass is 35.5. The van der Waals surface area contributed by atoms with Crippen molar-refractivity contribution < 1.29 is 4.79 Å². The van der Waals surface area contributed by atoms with Crippen LogP contribution in [0, 0.1) is 5.92 Å². The molecule has 4 N–H and O–H groups in total. The molecule has 1 aromatic carbocycles. The first kappa shape index (κ1) is 16.9. The van der Waals surface area contributed by atoms with Gasteiger partial charge >= 0.3 is 0 Å². The maximum atomic E-state index is 12.2. The molecule has 1 aliphatic rings. The van der Waals surface area contributed by atoms with E-state index in [0.29, 0.717) is 13.1 Å². The van der Waals surface area contributed by atoms with Gasteiger partial charge in [0.25, 0.3) is 0 Å². The van der Waals surface area contributed by atoms with Crippen molar-refractivity contribution in [2.45, 2.75) is 13.0 Å². The lowest BCUT2D eigenvalue weighted by Gasteiger charge is -2.18. The first-order chi connectivity index (χ1) is 9.33. The molecule has 112 valence electrons. The lowest BCUT2D eigenvalue weighted by atomic mass is 9.94. The Morgan fingerprint density at radius 3 is 2.75 bits per heavy atom. The fraction of sp³-hybridized carbons (Fsp3) is 0.500. The van der Waals surface area contributed by atoms with Gasteiger partial charge in [0, 0.05) is 19.6 Å². The molecule has 0 radical (unpaired) electrons. The number of benzene rings is 1. The zero-order valence-corrected chi connectivity index (χ0v) is 12.5. The van der Waals surface area contributed by atoms with Crippen LogP contribution >= 0.6 is 12.4 Å². The molecular weight excluding hydrogens is 276 g/mol. The summed E-state index contributed by atoms with van der Waals surface area (Å²) in [4.78, 5) is 12.2. The van der Waals surface area contributed by atoms with Crippen LogP contribution in [-0.4, -0.2) is 32.1 Å². The Kier molecular flexibility index (Phi) is 7.54. The summed E-state index contributed by atoms with van der Waals surface area (Å²) in [5.41, 5.74) is 7.39. The SMILES string of the molecule is CCNCCNC(=O)C1CNNC1c1ccccc1.Cl. The van der Waals surface area contributed by atoms with Crippen molar-refractivity contribution in [2.75, 3.05) is 26.2 Å². The second kappa shape index (κ2) is 8.92. The molecule has 0 saturated carbocycles. The van der Waals surface area contributed by atoms with Crippen molar-refractivity contribution in [1.82, 2.24) is 21.5 Å². The van der Waals surface area contributed by atoms with E-state index in [9.17, 15) is 4.79 Å². The molecule has 0 spiro atoms. The fourth-order valence-electron chi connectivity index (χ4n) is 2.30. The van der Waals surface area contributed by atoms with E-state index in [0.717, 1.165) is 18.7 Å².